The molecule has 1 heterocycles. The predicted molar refractivity (Wildman–Crippen MR) is 89.4 cm³/mol. The third kappa shape index (κ3) is 3.41. The van der Waals surface area contributed by atoms with Gasteiger partial charge in [-0.3, -0.25) is 0 Å². The van der Waals surface area contributed by atoms with Crippen LogP contribution in [0.4, 0.5) is 11.6 Å². The Morgan fingerprint density at radius 2 is 1.43 bits per heavy atom. The third-order valence-electron chi connectivity index (χ3n) is 3.83. The molecule has 112 valence electrons. The minimum atomic E-state index is 0.694. The van der Waals surface area contributed by atoms with Gasteiger partial charge < -0.3 is 5.32 Å². The van der Waals surface area contributed by atoms with E-state index in [2.05, 4.69) is 69.0 Å². The van der Waals surface area contributed by atoms with Crippen molar-refractivity contribution in [2.45, 2.75) is 54.4 Å². The van der Waals surface area contributed by atoms with Gasteiger partial charge in [0.2, 0.25) is 5.95 Å². The zero-order valence-corrected chi connectivity index (χ0v) is 14.0. The number of aromatic nitrogens is 2. The number of aryl methyl sites for hydroxylation is 5. The minimum absolute atomic E-state index is 0.694. The van der Waals surface area contributed by atoms with Crippen LogP contribution in [0.15, 0.2) is 12.1 Å². The van der Waals surface area contributed by atoms with Gasteiger partial charge in [-0.1, -0.05) is 31.0 Å². The molecule has 0 saturated carbocycles. The monoisotopic (exact) mass is 283 g/mol. The highest BCUT2D eigenvalue weighted by molar-refractivity contribution is 5.64. The van der Waals surface area contributed by atoms with Crippen molar-refractivity contribution in [3.05, 3.63) is 45.8 Å². The fourth-order valence-corrected chi connectivity index (χ4v) is 2.90. The van der Waals surface area contributed by atoms with Crippen molar-refractivity contribution >= 4 is 11.6 Å². The summed E-state index contributed by atoms with van der Waals surface area (Å²) < 4.78 is 0. The van der Waals surface area contributed by atoms with Crippen LogP contribution in [0.3, 0.4) is 0 Å². The van der Waals surface area contributed by atoms with Crippen LogP contribution < -0.4 is 5.32 Å². The summed E-state index contributed by atoms with van der Waals surface area (Å²) >= 11 is 0. The molecule has 1 aromatic heterocycles. The Morgan fingerprint density at radius 3 is 1.90 bits per heavy atom. The topological polar surface area (TPSA) is 37.8 Å². The van der Waals surface area contributed by atoms with Crippen molar-refractivity contribution < 1.29 is 0 Å². The number of anilines is 2. The lowest BCUT2D eigenvalue weighted by atomic mass is 10.1. The number of nitrogens with zero attached hydrogens (tertiary/aromatic N) is 2. The Balaban J connectivity index is 2.37. The van der Waals surface area contributed by atoms with Crippen molar-refractivity contribution in [1.29, 1.82) is 0 Å². The van der Waals surface area contributed by atoms with Gasteiger partial charge in [0.05, 0.1) is 0 Å². The van der Waals surface area contributed by atoms with Gasteiger partial charge in [0.25, 0.3) is 0 Å². The van der Waals surface area contributed by atoms with Gasteiger partial charge in [0, 0.05) is 17.1 Å². The molecule has 0 spiro atoms. The van der Waals surface area contributed by atoms with E-state index in [0.29, 0.717) is 5.95 Å². The molecule has 0 amide bonds. The second-order valence-electron chi connectivity index (χ2n) is 5.85. The maximum absolute atomic E-state index is 4.63. The average molecular weight is 283 g/mol. The zero-order valence-electron chi connectivity index (χ0n) is 14.0. The van der Waals surface area contributed by atoms with Crippen LogP contribution in [0.5, 0.6) is 0 Å². The molecule has 21 heavy (non-hydrogen) atoms. The Bertz CT molecular complexity index is 613. The second-order valence-corrected chi connectivity index (χ2v) is 5.85. The van der Waals surface area contributed by atoms with Crippen LogP contribution in [0.25, 0.3) is 0 Å². The maximum Gasteiger partial charge on any atom is 0.227 e. The molecule has 3 nitrogen and oxygen atoms in total. The first-order chi connectivity index (χ1) is 9.92. The van der Waals surface area contributed by atoms with Crippen LogP contribution in [-0.2, 0) is 6.42 Å². The standard InChI is InChI=1S/C18H25N3/c1-7-8-16-14(5)19-18(20-15(16)6)21-17-12(3)9-11(2)10-13(17)4/h9-10H,7-8H2,1-6H3,(H,19,20,21). The number of rotatable bonds is 4. The lowest BCUT2D eigenvalue weighted by Gasteiger charge is -2.15. The first-order valence-electron chi connectivity index (χ1n) is 7.61. The maximum atomic E-state index is 4.63. The molecule has 0 aliphatic heterocycles. The summed E-state index contributed by atoms with van der Waals surface area (Å²) in [7, 11) is 0. The highest BCUT2D eigenvalue weighted by Crippen LogP contribution is 2.25. The molecule has 2 aromatic rings. The van der Waals surface area contributed by atoms with Crippen LogP contribution in [0.2, 0.25) is 0 Å². The molecule has 2 rings (SSSR count). The van der Waals surface area contributed by atoms with E-state index < -0.39 is 0 Å². The molecule has 0 aliphatic carbocycles. The molecule has 0 unspecified atom stereocenters. The molecule has 3 heteroatoms. The van der Waals surface area contributed by atoms with Crippen molar-refractivity contribution in [3.8, 4) is 0 Å². The fourth-order valence-electron chi connectivity index (χ4n) is 2.90. The Hall–Kier alpha value is -1.90. The van der Waals surface area contributed by atoms with E-state index in [1.54, 1.807) is 0 Å². The molecule has 0 atom stereocenters. The summed E-state index contributed by atoms with van der Waals surface area (Å²) in [5, 5.41) is 3.40. The second kappa shape index (κ2) is 6.25. The van der Waals surface area contributed by atoms with E-state index in [0.717, 1.165) is 29.9 Å². The van der Waals surface area contributed by atoms with Crippen LogP contribution in [0.1, 0.15) is 47.0 Å². The van der Waals surface area contributed by atoms with E-state index in [1.807, 2.05) is 0 Å². The van der Waals surface area contributed by atoms with Crippen molar-refractivity contribution in [2.75, 3.05) is 5.32 Å². The Morgan fingerprint density at radius 1 is 0.905 bits per heavy atom. The smallest absolute Gasteiger partial charge is 0.227 e. The molecular weight excluding hydrogens is 258 g/mol. The van der Waals surface area contributed by atoms with Gasteiger partial charge in [0.1, 0.15) is 0 Å². The SMILES string of the molecule is CCCc1c(C)nc(Nc2c(C)cc(C)cc2C)nc1C. The van der Waals surface area contributed by atoms with E-state index >= 15 is 0 Å². The largest absolute Gasteiger partial charge is 0.324 e. The first kappa shape index (κ1) is 15.5. The number of benzene rings is 1. The molecule has 0 saturated heterocycles. The summed E-state index contributed by atoms with van der Waals surface area (Å²) in [5.41, 5.74) is 8.28. The number of nitrogens with one attached hydrogen (secondary N) is 1. The quantitative estimate of drug-likeness (QED) is 0.882. The molecule has 0 radical (unpaired) electrons. The summed E-state index contributed by atoms with van der Waals surface area (Å²) in [6.45, 7) is 12.7. The van der Waals surface area contributed by atoms with Gasteiger partial charge in [-0.2, -0.15) is 0 Å². The van der Waals surface area contributed by atoms with Gasteiger partial charge in [-0.25, -0.2) is 9.97 Å². The highest BCUT2D eigenvalue weighted by Gasteiger charge is 2.10. The Kier molecular flexibility index (Phi) is 4.61. The van der Waals surface area contributed by atoms with E-state index in [1.165, 1.54) is 22.3 Å². The Labute approximate surface area is 127 Å². The molecule has 0 fully saturated rings. The molecule has 0 bridgehead atoms. The summed E-state index contributed by atoms with van der Waals surface area (Å²) in [4.78, 5) is 9.26. The predicted octanol–water partition coefficient (Wildman–Crippen LogP) is 4.71. The first-order valence-corrected chi connectivity index (χ1v) is 7.61. The minimum Gasteiger partial charge on any atom is -0.324 e. The molecule has 1 aromatic carbocycles. The van der Waals surface area contributed by atoms with Crippen LogP contribution in [0, 0.1) is 34.6 Å². The van der Waals surface area contributed by atoms with E-state index in [9.17, 15) is 0 Å². The van der Waals surface area contributed by atoms with E-state index in [-0.39, 0.29) is 0 Å². The summed E-state index contributed by atoms with van der Waals surface area (Å²) in [6, 6.07) is 4.36. The van der Waals surface area contributed by atoms with Crippen molar-refractivity contribution in [1.82, 2.24) is 9.97 Å². The number of hydrogen-bond donors (Lipinski definition) is 1. The van der Waals surface area contributed by atoms with Crippen molar-refractivity contribution in [2.24, 2.45) is 0 Å². The van der Waals surface area contributed by atoms with Crippen LogP contribution >= 0.6 is 0 Å². The van der Waals surface area contributed by atoms with E-state index in [4.69, 9.17) is 0 Å². The molecule has 0 aliphatic rings. The summed E-state index contributed by atoms with van der Waals surface area (Å²) in [6.07, 6.45) is 2.16. The van der Waals surface area contributed by atoms with Gasteiger partial charge in [0.15, 0.2) is 0 Å². The number of hydrogen-bond acceptors (Lipinski definition) is 3. The van der Waals surface area contributed by atoms with Gasteiger partial charge >= 0.3 is 0 Å². The highest BCUT2D eigenvalue weighted by atomic mass is 15.1. The normalized spacial score (nSPS) is 10.8. The lowest BCUT2D eigenvalue weighted by molar-refractivity contribution is 0.867. The lowest BCUT2D eigenvalue weighted by Crippen LogP contribution is -2.06. The fraction of sp³-hybridized carbons (Fsp3) is 0.444. The third-order valence-corrected chi connectivity index (χ3v) is 3.83. The molecule has 1 N–H and O–H groups in total. The average Bonchev–Trinajstić information content (AvgIpc) is 2.38. The summed E-state index contributed by atoms with van der Waals surface area (Å²) in [5.74, 6) is 0.694. The zero-order chi connectivity index (χ0) is 15.6. The van der Waals surface area contributed by atoms with Gasteiger partial charge in [-0.05, 0) is 57.7 Å². The van der Waals surface area contributed by atoms with Crippen molar-refractivity contribution in [3.63, 3.8) is 0 Å². The van der Waals surface area contributed by atoms with Crippen LogP contribution in [-0.4, -0.2) is 9.97 Å². The molecular formula is C18H25N3. The van der Waals surface area contributed by atoms with Gasteiger partial charge in [-0.15, -0.1) is 0 Å².